The maximum absolute atomic E-state index is 13.3. The average molecular weight is 503 g/mol. The Kier molecular flexibility index (Phi) is 7.78. The molecule has 8 heteroatoms. The zero-order chi connectivity index (χ0) is 26.7. The summed E-state index contributed by atoms with van der Waals surface area (Å²) >= 11 is 0. The Morgan fingerprint density at radius 3 is 2.46 bits per heavy atom. The van der Waals surface area contributed by atoms with Gasteiger partial charge in [0, 0.05) is 18.7 Å². The van der Waals surface area contributed by atoms with E-state index in [2.05, 4.69) is 84.3 Å². The lowest BCUT2D eigenvalue weighted by atomic mass is 10.0. The van der Waals surface area contributed by atoms with E-state index in [9.17, 15) is 4.79 Å². The third kappa shape index (κ3) is 5.59. The van der Waals surface area contributed by atoms with Gasteiger partial charge in [-0.2, -0.15) is 0 Å². The van der Waals surface area contributed by atoms with Crippen molar-refractivity contribution in [2.24, 2.45) is 0 Å². The summed E-state index contributed by atoms with van der Waals surface area (Å²) in [5.74, 6) is 1.62. The first-order chi connectivity index (χ1) is 17.7. The normalized spacial score (nSPS) is 12.9. The Morgan fingerprint density at radius 2 is 1.81 bits per heavy atom. The fraction of sp³-hybridized carbons (Fsp3) is 0.448. The standard InChI is InChI=1S/C29H38N6O2/c1-8-25(27-31-32-33-35(27)29(5,6)9-2)34(17-21-10-12-24(37-7)13-11-21)18-23-16-22-15-19(3)14-20(4)26(22)30-28(23)36/h10-16,25H,8-9,17-18H2,1-7H3,(H,30,36). The third-order valence-corrected chi connectivity index (χ3v) is 7.35. The monoisotopic (exact) mass is 502 g/mol. The van der Waals surface area contributed by atoms with E-state index < -0.39 is 0 Å². The number of hydrogen-bond acceptors (Lipinski definition) is 6. The van der Waals surface area contributed by atoms with E-state index in [1.54, 1.807) is 7.11 Å². The van der Waals surface area contributed by atoms with Crippen LogP contribution >= 0.6 is 0 Å². The van der Waals surface area contributed by atoms with Gasteiger partial charge in [0.15, 0.2) is 5.82 Å². The van der Waals surface area contributed by atoms with Crippen molar-refractivity contribution < 1.29 is 4.74 Å². The van der Waals surface area contributed by atoms with Crippen LogP contribution in [0.15, 0.2) is 47.3 Å². The van der Waals surface area contributed by atoms with Crippen molar-refractivity contribution in [3.63, 3.8) is 0 Å². The molecule has 1 unspecified atom stereocenters. The zero-order valence-corrected chi connectivity index (χ0v) is 23.0. The van der Waals surface area contributed by atoms with Crippen molar-refractivity contribution in [1.82, 2.24) is 30.1 Å². The fourth-order valence-corrected chi connectivity index (χ4v) is 4.90. The smallest absolute Gasteiger partial charge is 0.252 e. The van der Waals surface area contributed by atoms with Crippen LogP contribution in [-0.4, -0.2) is 37.2 Å². The molecular formula is C29H38N6O2. The van der Waals surface area contributed by atoms with E-state index in [0.29, 0.717) is 13.1 Å². The van der Waals surface area contributed by atoms with Crippen LogP contribution < -0.4 is 10.3 Å². The number of tetrazole rings is 1. The number of hydrogen-bond donors (Lipinski definition) is 1. The molecule has 37 heavy (non-hydrogen) atoms. The Balaban J connectivity index is 1.79. The molecule has 1 atom stereocenters. The van der Waals surface area contributed by atoms with Gasteiger partial charge >= 0.3 is 0 Å². The van der Waals surface area contributed by atoms with Gasteiger partial charge in [0.25, 0.3) is 5.56 Å². The summed E-state index contributed by atoms with van der Waals surface area (Å²) in [6.07, 6.45) is 1.68. The highest BCUT2D eigenvalue weighted by molar-refractivity contribution is 5.82. The molecular weight excluding hydrogens is 464 g/mol. The second kappa shape index (κ2) is 10.8. The Labute approximate surface area is 218 Å². The predicted octanol–water partition coefficient (Wildman–Crippen LogP) is 5.44. The van der Waals surface area contributed by atoms with Crippen molar-refractivity contribution in [2.45, 2.75) is 79.1 Å². The highest BCUT2D eigenvalue weighted by Gasteiger charge is 2.31. The van der Waals surface area contributed by atoms with Crippen molar-refractivity contribution >= 4 is 10.9 Å². The van der Waals surface area contributed by atoms with Crippen LogP contribution in [0.2, 0.25) is 0 Å². The van der Waals surface area contributed by atoms with E-state index in [0.717, 1.165) is 52.0 Å². The number of pyridine rings is 1. The fourth-order valence-electron chi connectivity index (χ4n) is 4.90. The minimum absolute atomic E-state index is 0.0671. The summed E-state index contributed by atoms with van der Waals surface area (Å²) in [4.78, 5) is 18.7. The minimum Gasteiger partial charge on any atom is -0.497 e. The van der Waals surface area contributed by atoms with Crippen LogP contribution in [0.3, 0.4) is 0 Å². The van der Waals surface area contributed by atoms with E-state index >= 15 is 0 Å². The van der Waals surface area contributed by atoms with Crippen LogP contribution in [0, 0.1) is 13.8 Å². The molecule has 1 N–H and O–H groups in total. The quantitative estimate of drug-likeness (QED) is 0.311. The molecule has 0 bridgehead atoms. The van der Waals surface area contributed by atoms with Crippen LogP contribution in [-0.2, 0) is 18.6 Å². The highest BCUT2D eigenvalue weighted by atomic mass is 16.5. The Morgan fingerprint density at radius 1 is 1.08 bits per heavy atom. The molecule has 196 valence electrons. The first-order valence-electron chi connectivity index (χ1n) is 13.0. The summed E-state index contributed by atoms with van der Waals surface area (Å²) < 4.78 is 7.29. The first-order valence-corrected chi connectivity index (χ1v) is 13.0. The number of methoxy groups -OCH3 is 1. The molecule has 4 rings (SSSR count). The minimum atomic E-state index is -0.229. The molecule has 0 amide bonds. The van der Waals surface area contributed by atoms with Crippen molar-refractivity contribution in [3.8, 4) is 5.75 Å². The van der Waals surface area contributed by atoms with Gasteiger partial charge in [0.2, 0.25) is 0 Å². The predicted molar refractivity (Wildman–Crippen MR) is 147 cm³/mol. The molecule has 0 aliphatic carbocycles. The lowest BCUT2D eigenvalue weighted by Gasteiger charge is -2.33. The van der Waals surface area contributed by atoms with Crippen LogP contribution in [0.1, 0.15) is 74.7 Å². The van der Waals surface area contributed by atoms with E-state index in [1.165, 1.54) is 5.56 Å². The molecule has 0 aliphatic rings. The van der Waals surface area contributed by atoms with Gasteiger partial charge in [-0.3, -0.25) is 9.69 Å². The lowest BCUT2D eigenvalue weighted by Crippen LogP contribution is -2.36. The number of nitrogens with zero attached hydrogens (tertiary/aromatic N) is 5. The SMILES string of the molecule is CCC(c1nnnn1C(C)(C)CC)N(Cc1ccc(OC)cc1)Cc1cc2cc(C)cc(C)c2[nH]c1=O. The van der Waals surface area contributed by atoms with Crippen molar-refractivity contribution in [2.75, 3.05) is 7.11 Å². The number of nitrogens with one attached hydrogen (secondary N) is 1. The Bertz CT molecular complexity index is 1420. The van der Waals surface area contributed by atoms with Crippen LogP contribution in [0.5, 0.6) is 5.75 Å². The topological polar surface area (TPSA) is 88.9 Å². The number of benzene rings is 2. The van der Waals surface area contributed by atoms with E-state index in [4.69, 9.17) is 4.74 Å². The van der Waals surface area contributed by atoms with Gasteiger partial charge in [-0.05, 0) is 91.7 Å². The number of H-pyrrole nitrogens is 1. The molecule has 2 aromatic heterocycles. The van der Waals surface area contributed by atoms with Gasteiger partial charge in [-0.1, -0.05) is 37.6 Å². The van der Waals surface area contributed by atoms with Crippen LogP contribution in [0.4, 0.5) is 0 Å². The summed E-state index contributed by atoms with van der Waals surface area (Å²) in [6.45, 7) is 13.8. The number of fused-ring (bicyclic) bond motifs is 1. The molecule has 8 nitrogen and oxygen atoms in total. The van der Waals surface area contributed by atoms with Gasteiger partial charge in [0.1, 0.15) is 5.75 Å². The summed E-state index contributed by atoms with van der Waals surface area (Å²) in [5, 5.41) is 13.9. The molecule has 0 aliphatic heterocycles. The molecule has 0 fully saturated rings. The van der Waals surface area contributed by atoms with Gasteiger partial charge < -0.3 is 9.72 Å². The molecule has 0 radical (unpaired) electrons. The van der Waals surface area contributed by atoms with Crippen LogP contribution in [0.25, 0.3) is 10.9 Å². The largest absolute Gasteiger partial charge is 0.497 e. The highest BCUT2D eigenvalue weighted by Crippen LogP contribution is 2.30. The van der Waals surface area contributed by atoms with E-state index in [-0.39, 0.29) is 17.1 Å². The molecule has 0 saturated heterocycles. The van der Waals surface area contributed by atoms with Crippen molar-refractivity contribution in [3.05, 3.63) is 80.9 Å². The molecule has 0 spiro atoms. The van der Waals surface area contributed by atoms with Gasteiger partial charge in [-0.25, -0.2) is 4.68 Å². The number of ether oxygens (including phenoxy) is 1. The summed E-state index contributed by atoms with van der Waals surface area (Å²) in [7, 11) is 1.67. The second-order valence-electron chi connectivity index (χ2n) is 10.5. The molecule has 4 aromatic rings. The number of aryl methyl sites for hydroxylation is 2. The van der Waals surface area contributed by atoms with Gasteiger partial charge in [0.05, 0.1) is 24.2 Å². The number of rotatable bonds is 10. The van der Waals surface area contributed by atoms with Crippen molar-refractivity contribution in [1.29, 1.82) is 0 Å². The van der Waals surface area contributed by atoms with Gasteiger partial charge in [-0.15, -0.1) is 5.10 Å². The summed E-state index contributed by atoms with van der Waals surface area (Å²) in [5.41, 5.74) is 4.68. The zero-order valence-electron chi connectivity index (χ0n) is 23.0. The first kappa shape index (κ1) is 26.5. The molecule has 0 saturated carbocycles. The molecule has 2 aromatic carbocycles. The summed E-state index contributed by atoms with van der Waals surface area (Å²) in [6, 6.07) is 14.2. The third-order valence-electron chi connectivity index (χ3n) is 7.35. The maximum atomic E-state index is 13.3. The van der Waals surface area contributed by atoms with E-state index in [1.807, 2.05) is 29.8 Å². The maximum Gasteiger partial charge on any atom is 0.252 e. The number of aromatic nitrogens is 5. The molecule has 2 heterocycles. The lowest BCUT2D eigenvalue weighted by molar-refractivity contribution is 0.150. The number of aromatic amines is 1. The Hall–Kier alpha value is -3.52. The second-order valence-corrected chi connectivity index (χ2v) is 10.5. The average Bonchev–Trinajstić information content (AvgIpc) is 3.36.